The van der Waals surface area contributed by atoms with Crippen LogP contribution < -0.4 is 0 Å². The first kappa shape index (κ1) is 18.4. The standard InChI is InChI=1S/C21H26N2O3/c1-13-9-14(2)11-23(10-13)19(24)12-26-21(25)20-15(3)17-7-5-6-8-18(17)22-16(20)4/h5-8,13-14H,9-12H2,1-4H3/t13-,14-/m0/s1. The van der Waals surface area contributed by atoms with Crippen molar-refractivity contribution in [3.05, 3.63) is 41.1 Å². The molecule has 0 unspecified atom stereocenters. The van der Waals surface area contributed by atoms with E-state index in [-0.39, 0.29) is 12.5 Å². The highest BCUT2D eigenvalue weighted by atomic mass is 16.5. The molecule has 3 rings (SSSR count). The van der Waals surface area contributed by atoms with Crippen LogP contribution in [-0.2, 0) is 9.53 Å². The molecule has 1 aromatic carbocycles. The van der Waals surface area contributed by atoms with Gasteiger partial charge in [0.25, 0.3) is 5.91 Å². The van der Waals surface area contributed by atoms with E-state index in [9.17, 15) is 9.59 Å². The van der Waals surface area contributed by atoms with Gasteiger partial charge in [0.2, 0.25) is 0 Å². The molecule has 138 valence electrons. The lowest BCUT2D eigenvalue weighted by Crippen LogP contribution is -2.44. The Morgan fingerprint density at radius 2 is 1.81 bits per heavy atom. The zero-order valence-corrected chi connectivity index (χ0v) is 15.9. The average Bonchev–Trinajstić information content (AvgIpc) is 2.58. The van der Waals surface area contributed by atoms with E-state index in [1.165, 1.54) is 0 Å². The SMILES string of the molecule is Cc1nc2ccccc2c(C)c1C(=O)OCC(=O)N1C[C@@H](C)C[C@H](C)C1. The van der Waals surface area contributed by atoms with Crippen molar-refractivity contribution in [3.8, 4) is 0 Å². The number of ether oxygens (including phenoxy) is 1. The lowest BCUT2D eigenvalue weighted by atomic mass is 9.92. The Labute approximate surface area is 154 Å². The largest absolute Gasteiger partial charge is 0.452 e. The Hall–Kier alpha value is -2.43. The Bertz CT molecular complexity index is 837. The van der Waals surface area contributed by atoms with Crippen LogP contribution in [0.4, 0.5) is 0 Å². The van der Waals surface area contributed by atoms with Crippen LogP contribution in [0, 0.1) is 25.7 Å². The normalized spacial score (nSPS) is 20.2. The molecule has 26 heavy (non-hydrogen) atoms. The first-order valence-corrected chi connectivity index (χ1v) is 9.17. The summed E-state index contributed by atoms with van der Waals surface area (Å²) < 4.78 is 5.35. The highest BCUT2D eigenvalue weighted by molar-refractivity contribution is 5.99. The fourth-order valence-corrected chi connectivity index (χ4v) is 3.99. The van der Waals surface area contributed by atoms with Crippen molar-refractivity contribution in [2.75, 3.05) is 19.7 Å². The molecule has 2 atom stereocenters. The van der Waals surface area contributed by atoms with Gasteiger partial charge in [0.1, 0.15) is 0 Å². The maximum atomic E-state index is 12.6. The van der Waals surface area contributed by atoms with E-state index in [2.05, 4.69) is 18.8 Å². The maximum Gasteiger partial charge on any atom is 0.340 e. The van der Waals surface area contributed by atoms with Gasteiger partial charge in [-0.05, 0) is 43.7 Å². The van der Waals surface area contributed by atoms with Gasteiger partial charge in [-0.3, -0.25) is 9.78 Å². The minimum Gasteiger partial charge on any atom is -0.452 e. The number of pyridine rings is 1. The molecule has 2 heterocycles. The van der Waals surface area contributed by atoms with Gasteiger partial charge >= 0.3 is 5.97 Å². The van der Waals surface area contributed by atoms with Gasteiger partial charge in [-0.2, -0.15) is 0 Å². The molecule has 2 aromatic rings. The van der Waals surface area contributed by atoms with Crippen molar-refractivity contribution in [1.29, 1.82) is 0 Å². The number of carbonyl (C=O) groups is 2. The van der Waals surface area contributed by atoms with Crippen molar-refractivity contribution >= 4 is 22.8 Å². The van der Waals surface area contributed by atoms with Crippen LogP contribution in [0.1, 0.15) is 41.9 Å². The number of fused-ring (bicyclic) bond motifs is 1. The van der Waals surface area contributed by atoms with Crippen LogP contribution in [0.5, 0.6) is 0 Å². The second-order valence-corrected chi connectivity index (χ2v) is 7.54. The van der Waals surface area contributed by atoms with E-state index in [0.29, 0.717) is 23.1 Å². The van der Waals surface area contributed by atoms with E-state index in [4.69, 9.17) is 4.74 Å². The highest BCUT2D eigenvalue weighted by Crippen LogP contribution is 2.24. The molecule has 1 aliphatic rings. The van der Waals surface area contributed by atoms with Gasteiger partial charge in [-0.1, -0.05) is 32.0 Å². The monoisotopic (exact) mass is 354 g/mol. The summed E-state index contributed by atoms with van der Waals surface area (Å²) in [5, 5.41) is 0.926. The molecule has 0 radical (unpaired) electrons. The number of aromatic nitrogens is 1. The van der Waals surface area contributed by atoms with E-state index in [1.54, 1.807) is 6.92 Å². The minimum absolute atomic E-state index is 0.124. The third-order valence-corrected chi connectivity index (χ3v) is 5.09. The lowest BCUT2D eigenvalue weighted by molar-refractivity contribution is -0.137. The Balaban J connectivity index is 1.72. The summed E-state index contributed by atoms with van der Waals surface area (Å²) >= 11 is 0. The molecular weight excluding hydrogens is 328 g/mol. The highest BCUT2D eigenvalue weighted by Gasteiger charge is 2.26. The number of nitrogens with zero attached hydrogens (tertiary/aromatic N) is 2. The number of benzene rings is 1. The number of aryl methyl sites for hydroxylation is 2. The summed E-state index contributed by atoms with van der Waals surface area (Å²) in [5.74, 6) is 0.352. The molecule has 0 bridgehead atoms. The second kappa shape index (κ2) is 7.44. The first-order chi connectivity index (χ1) is 12.4. The zero-order valence-electron chi connectivity index (χ0n) is 15.9. The van der Waals surface area contributed by atoms with E-state index >= 15 is 0 Å². The number of esters is 1. The number of likely N-dealkylation sites (tertiary alicyclic amines) is 1. The molecule has 5 heteroatoms. The van der Waals surface area contributed by atoms with Crippen LogP contribution in [-0.4, -0.2) is 41.5 Å². The second-order valence-electron chi connectivity index (χ2n) is 7.54. The zero-order chi connectivity index (χ0) is 18.8. The van der Waals surface area contributed by atoms with Gasteiger partial charge < -0.3 is 9.64 Å². The van der Waals surface area contributed by atoms with E-state index in [0.717, 1.165) is 36.0 Å². The third kappa shape index (κ3) is 3.71. The van der Waals surface area contributed by atoms with Gasteiger partial charge in [-0.15, -0.1) is 0 Å². The number of hydrogen-bond acceptors (Lipinski definition) is 4. The van der Waals surface area contributed by atoms with Crippen LogP contribution in [0.3, 0.4) is 0 Å². The molecule has 1 amide bonds. The quantitative estimate of drug-likeness (QED) is 0.792. The van der Waals surface area contributed by atoms with Gasteiger partial charge in [0.05, 0.1) is 16.8 Å². The number of hydrogen-bond donors (Lipinski definition) is 0. The van der Waals surface area contributed by atoms with Crippen LogP contribution in [0.15, 0.2) is 24.3 Å². The third-order valence-electron chi connectivity index (χ3n) is 5.09. The molecule has 0 aliphatic carbocycles. The molecule has 1 aromatic heterocycles. The number of para-hydroxylation sites is 1. The fourth-order valence-electron chi connectivity index (χ4n) is 3.99. The minimum atomic E-state index is -0.482. The van der Waals surface area contributed by atoms with E-state index in [1.807, 2.05) is 36.1 Å². The summed E-state index contributed by atoms with van der Waals surface area (Å²) in [6, 6.07) is 7.71. The van der Waals surface area contributed by atoms with E-state index < -0.39 is 5.97 Å². The Kier molecular flexibility index (Phi) is 5.25. The van der Waals surface area contributed by atoms with Crippen molar-refractivity contribution in [3.63, 3.8) is 0 Å². The molecule has 1 fully saturated rings. The Morgan fingerprint density at radius 3 is 2.50 bits per heavy atom. The smallest absolute Gasteiger partial charge is 0.340 e. The number of rotatable bonds is 3. The van der Waals surface area contributed by atoms with Crippen molar-refractivity contribution in [2.45, 2.75) is 34.1 Å². The van der Waals surface area contributed by atoms with Gasteiger partial charge in [0.15, 0.2) is 6.61 Å². The molecule has 1 aliphatic heterocycles. The van der Waals surface area contributed by atoms with Crippen molar-refractivity contribution in [1.82, 2.24) is 9.88 Å². The molecular formula is C21H26N2O3. The van der Waals surface area contributed by atoms with Crippen LogP contribution >= 0.6 is 0 Å². The molecule has 0 spiro atoms. The van der Waals surface area contributed by atoms with Gasteiger partial charge in [-0.25, -0.2) is 4.79 Å². The molecule has 1 saturated heterocycles. The predicted molar refractivity (Wildman–Crippen MR) is 101 cm³/mol. The Morgan fingerprint density at radius 1 is 1.15 bits per heavy atom. The summed E-state index contributed by atoms with van der Waals surface area (Å²) in [5.41, 5.74) is 2.77. The summed E-state index contributed by atoms with van der Waals surface area (Å²) in [7, 11) is 0. The summed E-state index contributed by atoms with van der Waals surface area (Å²) in [4.78, 5) is 31.4. The molecule has 0 N–H and O–H groups in total. The molecule has 5 nitrogen and oxygen atoms in total. The molecule has 0 saturated carbocycles. The predicted octanol–water partition coefficient (Wildman–Crippen LogP) is 3.51. The first-order valence-electron chi connectivity index (χ1n) is 9.17. The number of carbonyl (C=O) groups excluding carboxylic acids is 2. The van der Waals surface area contributed by atoms with Crippen LogP contribution in [0.2, 0.25) is 0 Å². The fraction of sp³-hybridized carbons (Fsp3) is 0.476. The van der Waals surface area contributed by atoms with Crippen molar-refractivity contribution in [2.24, 2.45) is 11.8 Å². The number of piperidine rings is 1. The van der Waals surface area contributed by atoms with Crippen LogP contribution in [0.25, 0.3) is 10.9 Å². The topological polar surface area (TPSA) is 59.5 Å². The average molecular weight is 354 g/mol. The van der Waals surface area contributed by atoms with Crippen molar-refractivity contribution < 1.29 is 14.3 Å². The summed E-state index contributed by atoms with van der Waals surface area (Å²) in [6.45, 7) is 9.23. The lowest BCUT2D eigenvalue weighted by Gasteiger charge is -2.34. The number of amides is 1. The summed E-state index contributed by atoms with van der Waals surface area (Å²) in [6.07, 6.45) is 1.13. The maximum absolute atomic E-state index is 12.6. The van der Waals surface area contributed by atoms with Gasteiger partial charge in [0, 0.05) is 18.5 Å².